The summed E-state index contributed by atoms with van der Waals surface area (Å²) in [5, 5.41) is 18.4. The van der Waals surface area contributed by atoms with Gasteiger partial charge in [-0.2, -0.15) is 0 Å². The molecule has 3 rings (SSSR count). The first-order valence-electron chi connectivity index (χ1n) is 7.72. The number of aliphatic carboxylic acids is 2. The molecule has 2 saturated carbocycles. The van der Waals surface area contributed by atoms with Crippen molar-refractivity contribution in [3.63, 3.8) is 0 Å². The van der Waals surface area contributed by atoms with Gasteiger partial charge < -0.3 is 10.2 Å². The second kappa shape index (κ2) is 5.23. The van der Waals surface area contributed by atoms with Crippen LogP contribution in [-0.4, -0.2) is 22.2 Å². The largest absolute Gasteiger partial charge is 0.481 e. The van der Waals surface area contributed by atoms with Crippen molar-refractivity contribution in [2.24, 2.45) is 35.5 Å². The number of carboxylic acids is 2. The Labute approximate surface area is 118 Å². The van der Waals surface area contributed by atoms with E-state index >= 15 is 0 Å². The molecule has 0 aromatic heterocycles. The maximum Gasteiger partial charge on any atom is 0.307 e. The predicted molar refractivity (Wildman–Crippen MR) is 73.1 cm³/mol. The Morgan fingerprint density at radius 3 is 1.40 bits per heavy atom. The zero-order valence-corrected chi connectivity index (χ0v) is 11.6. The molecule has 0 bridgehead atoms. The molecule has 2 fully saturated rings. The molecular formula is C16H22O4. The molecule has 6 atom stereocenters. The van der Waals surface area contributed by atoms with E-state index in [1.54, 1.807) is 0 Å². The zero-order chi connectivity index (χ0) is 14.3. The highest BCUT2D eigenvalue weighted by Gasteiger charge is 2.57. The molecule has 0 heterocycles. The van der Waals surface area contributed by atoms with E-state index in [0.717, 1.165) is 38.5 Å². The van der Waals surface area contributed by atoms with Crippen LogP contribution in [0.15, 0.2) is 12.2 Å². The predicted octanol–water partition coefficient (Wildman–Crippen LogP) is 2.79. The van der Waals surface area contributed by atoms with Crippen LogP contribution in [0.1, 0.15) is 38.5 Å². The molecule has 4 heteroatoms. The summed E-state index contributed by atoms with van der Waals surface area (Å²) in [6.07, 6.45) is 9.94. The minimum absolute atomic E-state index is 0.176. The number of hydrogen-bond donors (Lipinski definition) is 2. The lowest BCUT2D eigenvalue weighted by atomic mass is 10.0. The van der Waals surface area contributed by atoms with E-state index in [4.69, 9.17) is 0 Å². The highest BCUT2D eigenvalue weighted by atomic mass is 16.4. The van der Waals surface area contributed by atoms with Crippen molar-refractivity contribution in [2.75, 3.05) is 0 Å². The van der Waals surface area contributed by atoms with Crippen LogP contribution in [0, 0.1) is 35.5 Å². The van der Waals surface area contributed by atoms with Crippen LogP contribution >= 0.6 is 0 Å². The fourth-order valence-corrected chi connectivity index (χ4v) is 4.40. The molecule has 0 aliphatic heterocycles. The Bertz CT molecular complexity index is 402. The SMILES string of the molecule is O=C(O)[C@@H]1[C@@H]2CC/C=C/CC[C@H]3[C@@H](CC[C@H]21)[C@H]3C(=O)O. The third-order valence-electron chi connectivity index (χ3n) is 5.57. The Kier molecular flexibility index (Phi) is 3.57. The van der Waals surface area contributed by atoms with Crippen LogP contribution in [0.2, 0.25) is 0 Å². The standard InChI is InChI=1S/C16H22O4/c17-15(18)13-9-5-3-1-2-4-6-10-12(8-7-11(9)13)14(10)16(19)20/h1-2,9-14H,3-8H2,(H,17,18)(H,19,20)/b2-1+/t9-,10+,11-,12-,13-,14+/m1/s1. The van der Waals surface area contributed by atoms with E-state index in [9.17, 15) is 19.8 Å². The molecule has 0 spiro atoms. The van der Waals surface area contributed by atoms with Crippen LogP contribution in [0.3, 0.4) is 0 Å². The molecule has 3 aliphatic rings. The van der Waals surface area contributed by atoms with Crippen molar-refractivity contribution < 1.29 is 19.8 Å². The van der Waals surface area contributed by atoms with Crippen molar-refractivity contribution in [1.29, 1.82) is 0 Å². The number of rotatable bonds is 2. The summed E-state index contributed by atoms with van der Waals surface area (Å²) in [6, 6.07) is 0. The van der Waals surface area contributed by atoms with Gasteiger partial charge in [0, 0.05) is 0 Å². The molecule has 4 nitrogen and oxygen atoms in total. The molecule has 3 aliphatic carbocycles. The molecule has 0 unspecified atom stereocenters. The van der Waals surface area contributed by atoms with Gasteiger partial charge in [-0.05, 0) is 62.2 Å². The monoisotopic (exact) mass is 278 g/mol. The normalized spacial score (nSPS) is 45.0. The first-order chi connectivity index (χ1) is 9.61. The van der Waals surface area contributed by atoms with Crippen molar-refractivity contribution >= 4 is 11.9 Å². The fourth-order valence-electron chi connectivity index (χ4n) is 4.40. The summed E-state index contributed by atoms with van der Waals surface area (Å²) in [6.45, 7) is 0. The molecule has 0 radical (unpaired) electrons. The number of carboxylic acid groups (broad SMARTS) is 2. The maximum atomic E-state index is 11.2. The Hall–Kier alpha value is -1.32. The molecular weight excluding hydrogens is 256 g/mol. The van der Waals surface area contributed by atoms with Gasteiger partial charge in [-0.3, -0.25) is 9.59 Å². The lowest BCUT2D eigenvalue weighted by Gasteiger charge is -2.01. The Morgan fingerprint density at radius 1 is 0.700 bits per heavy atom. The first-order valence-corrected chi connectivity index (χ1v) is 7.72. The third-order valence-corrected chi connectivity index (χ3v) is 5.57. The number of hydrogen-bond acceptors (Lipinski definition) is 2. The van der Waals surface area contributed by atoms with E-state index in [-0.39, 0.29) is 23.7 Å². The van der Waals surface area contributed by atoms with E-state index in [1.807, 2.05) is 0 Å². The molecule has 2 N–H and O–H groups in total. The van der Waals surface area contributed by atoms with Crippen molar-refractivity contribution in [3.05, 3.63) is 12.2 Å². The van der Waals surface area contributed by atoms with Crippen molar-refractivity contribution in [3.8, 4) is 0 Å². The minimum atomic E-state index is -0.666. The number of carbonyl (C=O) groups is 2. The molecule has 0 saturated heterocycles. The van der Waals surface area contributed by atoms with Crippen LogP contribution in [-0.2, 0) is 9.59 Å². The number of allylic oxidation sites excluding steroid dienone is 2. The van der Waals surface area contributed by atoms with E-state index in [2.05, 4.69) is 12.2 Å². The van der Waals surface area contributed by atoms with Gasteiger partial charge >= 0.3 is 11.9 Å². The van der Waals surface area contributed by atoms with Crippen molar-refractivity contribution in [2.45, 2.75) is 38.5 Å². The maximum absolute atomic E-state index is 11.2. The average Bonchev–Trinajstić information content (AvgIpc) is 3.22. The summed E-state index contributed by atoms with van der Waals surface area (Å²) in [5.74, 6) is -0.475. The van der Waals surface area contributed by atoms with Gasteiger partial charge in [-0.25, -0.2) is 0 Å². The fraction of sp³-hybridized carbons (Fsp3) is 0.750. The van der Waals surface area contributed by atoms with Crippen LogP contribution in [0.4, 0.5) is 0 Å². The van der Waals surface area contributed by atoms with Gasteiger partial charge in [-0.15, -0.1) is 0 Å². The average molecular weight is 278 g/mol. The van der Waals surface area contributed by atoms with Gasteiger partial charge in [0.15, 0.2) is 0 Å². The van der Waals surface area contributed by atoms with E-state index in [1.165, 1.54) is 0 Å². The molecule has 0 aromatic rings. The third kappa shape index (κ3) is 2.48. The second-order valence-electron chi connectivity index (χ2n) is 6.59. The van der Waals surface area contributed by atoms with Crippen LogP contribution in [0.5, 0.6) is 0 Å². The minimum Gasteiger partial charge on any atom is -0.481 e. The van der Waals surface area contributed by atoms with Gasteiger partial charge in [0.1, 0.15) is 0 Å². The lowest BCUT2D eigenvalue weighted by molar-refractivity contribution is -0.140. The highest BCUT2D eigenvalue weighted by Crippen LogP contribution is 2.57. The highest BCUT2D eigenvalue weighted by molar-refractivity contribution is 5.75. The molecule has 0 aromatic carbocycles. The van der Waals surface area contributed by atoms with Crippen LogP contribution in [0.25, 0.3) is 0 Å². The van der Waals surface area contributed by atoms with Crippen molar-refractivity contribution in [1.82, 2.24) is 0 Å². The Balaban J connectivity index is 1.65. The molecule has 20 heavy (non-hydrogen) atoms. The van der Waals surface area contributed by atoms with E-state index in [0.29, 0.717) is 11.8 Å². The smallest absolute Gasteiger partial charge is 0.307 e. The summed E-state index contributed by atoms with van der Waals surface area (Å²) >= 11 is 0. The number of fused-ring (bicyclic) bond motifs is 2. The van der Waals surface area contributed by atoms with Gasteiger partial charge in [0.25, 0.3) is 0 Å². The van der Waals surface area contributed by atoms with E-state index < -0.39 is 11.9 Å². The van der Waals surface area contributed by atoms with Crippen LogP contribution < -0.4 is 0 Å². The second-order valence-corrected chi connectivity index (χ2v) is 6.59. The summed E-state index contributed by atoms with van der Waals surface area (Å²) in [5.41, 5.74) is 0. The summed E-state index contributed by atoms with van der Waals surface area (Å²) in [4.78, 5) is 22.4. The van der Waals surface area contributed by atoms with Gasteiger partial charge in [-0.1, -0.05) is 12.2 Å². The summed E-state index contributed by atoms with van der Waals surface area (Å²) in [7, 11) is 0. The molecule has 110 valence electrons. The lowest BCUT2D eigenvalue weighted by Crippen LogP contribution is -2.02. The summed E-state index contributed by atoms with van der Waals surface area (Å²) < 4.78 is 0. The van der Waals surface area contributed by atoms with Gasteiger partial charge in [0.05, 0.1) is 11.8 Å². The topological polar surface area (TPSA) is 74.6 Å². The Morgan fingerprint density at radius 2 is 1.05 bits per heavy atom. The molecule has 0 amide bonds. The van der Waals surface area contributed by atoms with Gasteiger partial charge in [0.2, 0.25) is 0 Å². The quantitative estimate of drug-likeness (QED) is 0.762. The first kappa shape index (κ1) is 13.7. The zero-order valence-electron chi connectivity index (χ0n) is 11.6.